The van der Waals surface area contributed by atoms with Gasteiger partial charge in [0.05, 0.1) is 29.7 Å². The van der Waals surface area contributed by atoms with Gasteiger partial charge in [-0.25, -0.2) is 4.98 Å². The molecule has 1 N–H and O–H groups in total. The Labute approximate surface area is 171 Å². The number of hydrogen-bond acceptors (Lipinski definition) is 3. The van der Waals surface area contributed by atoms with Crippen LogP contribution in [0.4, 0.5) is 0 Å². The van der Waals surface area contributed by atoms with Crippen molar-refractivity contribution in [1.29, 1.82) is 0 Å². The largest absolute Gasteiger partial charge is 0.345 e. The Morgan fingerprint density at radius 3 is 2.54 bits per heavy atom. The van der Waals surface area contributed by atoms with Crippen LogP contribution in [0.1, 0.15) is 21.7 Å². The monoisotopic (exact) mass is 410 g/mol. The maximum absolute atomic E-state index is 12.4. The third-order valence-corrected chi connectivity index (χ3v) is 5.15. The van der Waals surface area contributed by atoms with Crippen molar-refractivity contribution in [3.8, 4) is 0 Å². The second-order valence-corrected chi connectivity index (χ2v) is 7.04. The third kappa shape index (κ3) is 3.72. The molecular weight excluding hydrogens is 395 g/mol. The second-order valence-electron chi connectivity index (χ2n) is 6.23. The van der Waals surface area contributed by atoms with Crippen molar-refractivity contribution in [1.82, 2.24) is 19.9 Å². The Morgan fingerprint density at radius 2 is 1.79 bits per heavy atom. The van der Waals surface area contributed by atoms with Gasteiger partial charge < -0.3 is 9.88 Å². The number of para-hydroxylation sites is 2. The van der Waals surface area contributed by atoms with E-state index in [9.17, 15) is 4.79 Å². The summed E-state index contributed by atoms with van der Waals surface area (Å²) in [6.45, 7) is 0.724. The Hall–Kier alpha value is -2.89. The van der Waals surface area contributed by atoms with Gasteiger partial charge in [-0.05, 0) is 36.4 Å². The number of nitrogens with zero attached hydrogens (tertiary/aromatic N) is 3. The number of carbonyl (C=O) groups is 1. The van der Waals surface area contributed by atoms with Crippen LogP contribution in [0, 0.1) is 0 Å². The molecule has 2 aromatic heterocycles. The standard InChI is InChI=1S/C21H16Cl2N4O/c22-16-6-3-7-17(23)15(16)13-27-19-9-2-1-8-18(19)26-20(27)12-25-21(28)14-5-4-10-24-11-14/h1-11H,12-13H2,(H,25,28). The fourth-order valence-electron chi connectivity index (χ4n) is 3.04. The number of fused-ring (bicyclic) bond motifs is 1. The molecule has 0 aliphatic heterocycles. The maximum Gasteiger partial charge on any atom is 0.253 e. The van der Waals surface area contributed by atoms with Gasteiger partial charge in [0, 0.05) is 28.0 Å². The van der Waals surface area contributed by atoms with Crippen LogP contribution in [-0.4, -0.2) is 20.4 Å². The molecule has 2 aromatic carbocycles. The SMILES string of the molecule is O=C(NCc1nc2ccccc2n1Cc1c(Cl)cccc1Cl)c1cccnc1. The first-order chi connectivity index (χ1) is 13.6. The smallest absolute Gasteiger partial charge is 0.253 e. The molecule has 4 aromatic rings. The number of aromatic nitrogens is 3. The number of benzene rings is 2. The lowest BCUT2D eigenvalue weighted by molar-refractivity contribution is 0.0949. The van der Waals surface area contributed by atoms with E-state index >= 15 is 0 Å². The summed E-state index contributed by atoms with van der Waals surface area (Å²) in [6, 6.07) is 16.7. The van der Waals surface area contributed by atoms with Gasteiger partial charge >= 0.3 is 0 Å². The molecule has 0 saturated carbocycles. The van der Waals surface area contributed by atoms with E-state index in [-0.39, 0.29) is 12.5 Å². The van der Waals surface area contributed by atoms with Gasteiger partial charge in [-0.15, -0.1) is 0 Å². The van der Waals surface area contributed by atoms with E-state index in [1.807, 2.05) is 47.0 Å². The van der Waals surface area contributed by atoms with Crippen LogP contribution < -0.4 is 5.32 Å². The van der Waals surface area contributed by atoms with Crippen molar-refractivity contribution in [2.75, 3.05) is 0 Å². The highest BCUT2D eigenvalue weighted by Gasteiger charge is 2.15. The molecule has 2 heterocycles. The number of hydrogen-bond donors (Lipinski definition) is 1. The summed E-state index contributed by atoms with van der Waals surface area (Å²) in [7, 11) is 0. The normalized spacial score (nSPS) is 10.9. The van der Waals surface area contributed by atoms with Crippen molar-refractivity contribution in [3.63, 3.8) is 0 Å². The number of rotatable bonds is 5. The first-order valence-electron chi connectivity index (χ1n) is 8.69. The molecule has 4 rings (SSSR count). The van der Waals surface area contributed by atoms with Crippen LogP contribution in [0.2, 0.25) is 10.0 Å². The van der Waals surface area contributed by atoms with Crippen molar-refractivity contribution in [3.05, 3.63) is 94.0 Å². The summed E-state index contributed by atoms with van der Waals surface area (Å²) >= 11 is 12.7. The Bertz CT molecular complexity index is 1120. The molecule has 0 unspecified atom stereocenters. The lowest BCUT2D eigenvalue weighted by Crippen LogP contribution is -2.25. The van der Waals surface area contributed by atoms with Crippen molar-refractivity contribution >= 4 is 40.1 Å². The highest BCUT2D eigenvalue weighted by molar-refractivity contribution is 6.36. The fourth-order valence-corrected chi connectivity index (χ4v) is 3.55. The Balaban J connectivity index is 1.67. The van der Waals surface area contributed by atoms with E-state index < -0.39 is 0 Å². The summed E-state index contributed by atoms with van der Waals surface area (Å²) in [5, 5.41) is 4.09. The van der Waals surface area contributed by atoms with E-state index in [1.54, 1.807) is 18.3 Å². The lowest BCUT2D eigenvalue weighted by Gasteiger charge is -2.13. The quantitative estimate of drug-likeness (QED) is 0.517. The van der Waals surface area contributed by atoms with E-state index in [0.29, 0.717) is 22.2 Å². The van der Waals surface area contributed by atoms with Crippen LogP contribution in [0.5, 0.6) is 0 Å². The molecule has 0 fully saturated rings. The number of nitrogens with one attached hydrogen (secondary N) is 1. The summed E-state index contributed by atoms with van der Waals surface area (Å²) in [4.78, 5) is 21.0. The molecule has 140 valence electrons. The Kier molecular flexibility index (Phi) is 5.28. The van der Waals surface area contributed by atoms with Gasteiger partial charge in [-0.2, -0.15) is 0 Å². The van der Waals surface area contributed by atoms with Crippen molar-refractivity contribution < 1.29 is 4.79 Å². The third-order valence-electron chi connectivity index (χ3n) is 4.44. The van der Waals surface area contributed by atoms with Gasteiger partial charge in [0.15, 0.2) is 0 Å². The summed E-state index contributed by atoms with van der Waals surface area (Å²) in [5.74, 6) is 0.511. The van der Waals surface area contributed by atoms with Gasteiger partial charge in [0.2, 0.25) is 0 Å². The number of pyridine rings is 1. The van der Waals surface area contributed by atoms with Crippen LogP contribution in [0.3, 0.4) is 0 Å². The maximum atomic E-state index is 12.4. The Morgan fingerprint density at radius 1 is 1.00 bits per heavy atom. The molecule has 0 aliphatic rings. The topological polar surface area (TPSA) is 59.8 Å². The van der Waals surface area contributed by atoms with Gasteiger partial charge in [-0.1, -0.05) is 41.4 Å². The minimum Gasteiger partial charge on any atom is -0.345 e. The number of carbonyl (C=O) groups excluding carboxylic acids is 1. The molecule has 0 aliphatic carbocycles. The molecule has 1 amide bonds. The highest BCUT2D eigenvalue weighted by Crippen LogP contribution is 2.27. The zero-order valence-electron chi connectivity index (χ0n) is 14.8. The first-order valence-corrected chi connectivity index (χ1v) is 9.44. The fraction of sp³-hybridized carbons (Fsp3) is 0.0952. The van der Waals surface area contributed by atoms with Gasteiger partial charge in [0.25, 0.3) is 5.91 Å². The molecular formula is C21H16Cl2N4O. The molecule has 5 nitrogen and oxygen atoms in total. The summed E-state index contributed by atoms with van der Waals surface area (Å²) in [6.07, 6.45) is 3.16. The van der Waals surface area contributed by atoms with E-state index in [1.165, 1.54) is 6.20 Å². The number of halogens is 2. The second kappa shape index (κ2) is 8.00. The number of amides is 1. The van der Waals surface area contributed by atoms with Gasteiger partial charge in [0.1, 0.15) is 5.82 Å². The molecule has 0 saturated heterocycles. The predicted molar refractivity (Wildman–Crippen MR) is 111 cm³/mol. The van der Waals surface area contributed by atoms with Crippen LogP contribution >= 0.6 is 23.2 Å². The van der Waals surface area contributed by atoms with Gasteiger partial charge in [-0.3, -0.25) is 9.78 Å². The average Bonchev–Trinajstić information content (AvgIpc) is 3.07. The zero-order valence-corrected chi connectivity index (χ0v) is 16.3. The molecule has 0 bridgehead atoms. The summed E-state index contributed by atoms with van der Waals surface area (Å²) in [5.41, 5.74) is 3.11. The molecule has 0 spiro atoms. The summed E-state index contributed by atoms with van der Waals surface area (Å²) < 4.78 is 2.02. The van der Waals surface area contributed by atoms with Crippen LogP contribution in [-0.2, 0) is 13.1 Å². The zero-order chi connectivity index (χ0) is 19.5. The highest BCUT2D eigenvalue weighted by atomic mass is 35.5. The molecule has 28 heavy (non-hydrogen) atoms. The van der Waals surface area contributed by atoms with Crippen LogP contribution in [0.15, 0.2) is 67.0 Å². The first kappa shape index (κ1) is 18.5. The van der Waals surface area contributed by atoms with Crippen molar-refractivity contribution in [2.24, 2.45) is 0 Å². The van der Waals surface area contributed by atoms with E-state index in [4.69, 9.17) is 23.2 Å². The van der Waals surface area contributed by atoms with E-state index in [2.05, 4.69) is 15.3 Å². The molecule has 0 atom stereocenters. The minimum atomic E-state index is -0.206. The minimum absolute atomic E-state index is 0.206. The van der Waals surface area contributed by atoms with Crippen molar-refractivity contribution in [2.45, 2.75) is 13.1 Å². The van der Waals surface area contributed by atoms with Crippen LogP contribution in [0.25, 0.3) is 11.0 Å². The molecule has 0 radical (unpaired) electrons. The molecule has 7 heteroatoms. The average molecular weight is 411 g/mol. The predicted octanol–water partition coefficient (Wildman–Crippen LogP) is 4.72. The lowest BCUT2D eigenvalue weighted by atomic mass is 10.2. The number of imidazole rings is 1. The van der Waals surface area contributed by atoms with E-state index in [0.717, 1.165) is 22.4 Å².